The summed E-state index contributed by atoms with van der Waals surface area (Å²) in [4.78, 5) is 38.7. The summed E-state index contributed by atoms with van der Waals surface area (Å²) in [7, 11) is 4.38. The smallest absolute Gasteiger partial charge is 0.446 e. The van der Waals surface area contributed by atoms with Crippen molar-refractivity contribution in [2.24, 2.45) is 5.16 Å². The molecule has 0 saturated heterocycles. The van der Waals surface area contributed by atoms with Crippen molar-refractivity contribution in [2.45, 2.75) is 33.7 Å². The molecule has 0 atom stereocenters. The molecule has 0 radical (unpaired) electrons. The van der Waals surface area contributed by atoms with E-state index in [4.69, 9.17) is 35.0 Å². The van der Waals surface area contributed by atoms with Gasteiger partial charge in [-0.25, -0.2) is 13.4 Å². The molecule has 0 fully saturated rings. The first-order valence-corrected chi connectivity index (χ1v) is 17.2. The number of oxime groups is 1. The van der Waals surface area contributed by atoms with Gasteiger partial charge in [-0.3, -0.25) is 19.7 Å². The normalized spacial score (nSPS) is 11.3. The van der Waals surface area contributed by atoms with E-state index in [-0.39, 0.29) is 18.1 Å². The van der Waals surface area contributed by atoms with Crippen LogP contribution in [-0.2, 0) is 41.8 Å². The molecule has 0 saturated carbocycles. The number of hydrogen-bond acceptors (Lipinski definition) is 14. The molecule has 1 amide bonds. The average molecular weight is 677 g/mol. The third kappa shape index (κ3) is 15.0. The summed E-state index contributed by atoms with van der Waals surface area (Å²) in [6, 6.07) is 14.2. The number of ether oxygens (including phenoxy) is 1. The molecule has 2 aromatic carbocycles. The van der Waals surface area contributed by atoms with Crippen molar-refractivity contribution in [1.82, 2.24) is 8.61 Å². The Balaban J connectivity index is 0.000000469. The van der Waals surface area contributed by atoms with Gasteiger partial charge in [0.05, 0.1) is 18.0 Å². The van der Waals surface area contributed by atoms with Gasteiger partial charge in [0, 0.05) is 69.9 Å². The standard InChI is InChI=1S/C17H25N3O4S2.C9H12NO5PS/c1-5-23-16(21)11-12-20(13-15-9-7-6-8-10-15)26-19(3)17(22)24-18-14(2)25-4;1-7-6-8(4-5-9(7)10(11)12)15-16(17,13-2)14-3/h6-10H,5,11-13H2,1-4H3;4-6H,1-3H3/b18-14-;. The van der Waals surface area contributed by atoms with Gasteiger partial charge in [-0.2, -0.15) is 0 Å². The Bertz CT molecular complexity index is 1260. The molecule has 2 aromatic rings. The Kier molecular flexibility index (Phi) is 18.1. The zero-order chi connectivity index (χ0) is 32.4. The van der Waals surface area contributed by atoms with E-state index in [1.54, 1.807) is 27.8 Å². The molecular weight excluding hydrogens is 639 g/mol. The quantitative estimate of drug-likeness (QED) is 0.0311. The number of carbonyl (C=O) groups excluding carboxylic acids is 2. The van der Waals surface area contributed by atoms with Gasteiger partial charge >= 0.3 is 18.8 Å². The number of amides is 1. The summed E-state index contributed by atoms with van der Waals surface area (Å²) in [5.41, 5.74) is 1.59. The lowest BCUT2D eigenvalue weighted by Gasteiger charge is -2.24. The zero-order valence-corrected chi connectivity index (χ0v) is 28.4. The van der Waals surface area contributed by atoms with Crippen molar-refractivity contribution in [3.8, 4) is 5.75 Å². The number of rotatable bonds is 14. The number of thioether (sulfide) groups is 1. The first-order valence-electron chi connectivity index (χ1n) is 12.7. The van der Waals surface area contributed by atoms with Crippen LogP contribution in [0.15, 0.2) is 53.7 Å². The van der Waals surface area contributed by atoms with Crippen LogP contribution in [0.3, 0.4) is 0 Å². The van der Waals surface area contributed by atoms with Gasteiger partial charge < -0.3 is 18.3 Å². The van der Waals surface area contributed by atoms with E-state index < -0.39 is 17.7 Å². The average Bonchev–Trinajstić information content (AvgIpc) is 2.99. The zero-order valence-electron chi connectivity index (χ0n) is 25.1. The second kappa shape index (κ2) is 20.3. The minimum absolute atomic E-state index is 0.0282. The molecule has 0 heterocycles. The highest BCUT2D eigenvalue weighted by Crippen LogP contribution is 2.48. The maximum atomic E-state index is 12.0. The Labute approximate surface area is 265 Å². The monoisotopic (exact) mass is 676 g/mol. The number of nitro groups is 1. The third-order valence-corrected chi connectivity index (χ3v) is 9.19. The van der Waals surface area contributed by atoms with Crippen LogP contribution in [0, 0.1) is 17.0 Å². The number of hydrogen-bond donors (Lipinski definition) is 0. The van der Waals surface area contributed by atoms with Crippen LogP contribution in [0.2, 0.25) is 0 Å². The number of esters is 1. The highest BCUT2D eigenvalue weighted by molar-refractivity contribution is 8.13. The molecule has 0 unspecified atom stereocenters. The Hall–Kier alpha value is -2.72. The van der Waals surface area contributed by atoms with E-state index in [1.165, 1.54) is 60.6 Å². The summed E-state index contributed by atoms with van der Waals surface area (Å²) in [6.45, 7) is 3.70. The molecule has 0 aliphatic carbocycles. The SMILES string of the molecule is CCOC(=O)CCN(Cc1ccccc1)SN(C)C(=O)O/N=C(/C)SC.COP(=S)(OC)Oc1ccc([N+](=O)[O-])c(C)c1. The van der Waals surface area contributed by atoms with Crippen LogP contribution in [0.1, 0.15) is 31.4 Å². The maximum Gasteiger partial charge on any atom is 0.446 e. The molecular formula is C26H37N4O9PS3. The summed E-state index contributed by atoms with van der Waals surface area (Å²) in [6.07, 6.45) is 1.50. The Morgan fingerprint density at radius 2 is 1.79 bits per heavy atom. The van der Waals surface area contributed by atoms with Crippen LogP contribution in [0.4, 0.5) is 10.5 Å². The maximum absolute atomic E-state index is 12.0. The molecule has 0 aliphatic rings. The Morgan fingerprint density at radius 3 is 2.33 bits per heavy atom. The van der Waals surface area contributed by atoms with Crippen molar-refractivity contribution in [3.63, 3.8) is 0 Å². The lowest BCUT2D eigenvalue weighted by molar-refractivity contribution is -0.385. The van der Waals surface area contributed by atoms with E-state index in [0.29, 0.717) is 36.1 Å². The van der Waals surface area contributed by atoms with Crippen molar-refractivity contribution >= 4 is 65.2 Å². The van der Waals surface area contributed by atoms with Crippen molar-refractivity contribution in [3.05, 3.63) is 69.8 Å². The summed E-state index contributed by atoms with van der Waals surface area (Å²) < 4.78 is 23.5. The molecule has 2 rings (SSSR count). The molecule has 17 heteroatoms. The number of nitrogens with zero attached hydrogens (tertiary/aromatic N) is 4. The lowest BCUT2D eigenvalue weighted by atomic mass is 10.2. The van der Waals surface area contributed by atoms with E-state index in [1.807, 2.05) is 40.9 Å². The first kappa shape index (κ1) is 38.3. The fourth-order valence-electron chi connectivity index (χ4n) is 2.96. The minimum atomic E-state index is -2.80. The minimum Gasteiger partial charge on any atom is -0.466 e. The van der Waals surface area contributed by atoms with E-state index in [2.05, 4.69) is 5.16 Å². The molecule has 43 heavy (non-hydrogen) atoms. The summed E-state index contributed by atoms with van der Waals surface area (Å²) in [5.74, 6) is 0.122. The van der Waals surface area contributed by atoms with Gasteiger partial charge in [-0.15, -0.1) is 11.8 Å². The second-order valence-electron chi connectivity index (χ2n) is 8.26. The van der Waals surface area contributed by atoms with Crippen molar-refractivity contribution in [1.29, 1.82) is 0 Å². The summed E-state index contributed by atoms with van der Waals surface area (Å²) >= 11 is 7.60. The second-order valence-corrected chi connectivity index (χ2v) is 13.6. The molecule has 0 aromatic heterocycles. The van der Waals surface area contributed by atoms with Gasteiger partial charge in [0.15, 0.2) is 0 Å². The van der Waals surface area contributed by atoms with Gasteiger partial charge in [-0.05, 0) is 44.7 Å². The summed E-state index contributed by atoms with van der Waals surface area (Å²) in [5, 5.41) is 15.0. The van der Waals surface area contributed by atoms with E-state index in [9.17, 15) is 19.7 Å². The number of nitro benzene ring substituents is 1. The molecule has 0 bridgehead atoms. The molecule has 0 spiro atoms. The van der Waals surface area contributed by atoms with Crippen LogP contribution in [0.5, 0.6) is 5.75 Å². The van der Waals surface area contributed by atoms with Gasteiger partial charge in [0.2, 0.25) is 0 Å². The molecule has 0 N–H and O–H groups in total. The predicted molar refractivity (Wildman–Crippen MR) is 173 cm³/mol. The number of carbonyl (C=O) groups is 2. The number of benzene rings is 2. The van der Waals surface area contributed by atoms with Crippen LogP contribution in [-0.4, -0.2) is 71.3 Å². The third-order valence-electron chi connectivity index (χ3n) is 5.14. The number of aryl methyl sites for hydroxylation is 1. The van der Waals surface area contributed by atoms with Crippen molar-refractivity contribution in [2.75, 3.05) is 40.7 Å². The topological polar surface area (TPSA) is 142 Å². The highest BCUT2D eigenvalue weighted by atomic mass is 32.5. The van der Waals surface area contributed by atoms with Crippen molar-refractivity contribution < 1.29 is 37.7 Å². The molecule has 13 nitrogen and oxygen atoms in total. The lowest BCUT2D eigenvalue weighted by Crippen LogP contribution is -2.28. The van der Waals surface area contributed by atoms with Gasteiger partial charge in [-0.1, -0.05) is 35.5 Å². The highest BCUT2D eigenvalue weighted by Gasteiger charge is 2.20. The molecule has 0 aliphatic heterocycles. The predicted octanol–water partition coefficient (Wildman–Crippen LogP) is 6.57. The van der Waals surface area contributed by atoms with E-state index >= 15 is 0 Å². The van der Waals surface area contributed by atoms with Crippen LogP contribution < -0.4 is 4.52 Å². The first-order chi connectivity index (χ1) is 20.4. The fourth-order valence-corrected chi connectivity index (χ4v) is 4.82. The Morgan fingerprint density at radius 1 is 1.14 bits per heavy atom. The largest absolute Gasteiger partial charge is 0.466 e. The molecule has 238 valence electrons. The van der Waals surface area contributed by atoms with Crippen LogP contribution >= 0.6 is 30.6 Å². The van der Waals surface area contributed by atoms with Crippen LogP contribution in [0.25, 0.3) is 0 Å². The van der Waals surface area contributed by atoms with E-state index in [0.717, 1.165) is 5.56 Å². The van der Waals surface area contributed by atoms with Gasteiger partial charge in [0.1, 0.15) is 10.8 Å². The van der Waals surface area contributed by atoms with Gasteiger partial charge in [0.25, 0.3) is 5.69 Å². The fraction of sp³-hybridized carbons (Fsp3) is 0.423.